The predicted molar refractivity (Wildman–Crippen MR) is 80.9 cm³/mol. The minimum atomic E-state index is -0.183. The van der Waals surface area contributed by atoms with Crippen molar-refractivity contribution < 1.29 is 14.4 Å². The van der Waals surface area contributed by atoms with Gasteiger partial charge in [-0.25, -0.2) is 0 Å². The molecule has 1 aliphatic carbocycles. The van der Waals surface area contributed by atoms with E-state index in [1.165, 1.54) is 12.8 Å². The summed E-state index contributed by atoms with van der Waals surface area (Å²) < 4.78 is 0. The Hall–Kier alpha value is -1.59. The molecule has 0 aromatic carbocycles. The molecular weight excluding hydrogens is 282 g/mol. The second-order valence-corrected chi connectivity index (χ2v) is 6.72. The minimum Gasteiger partial charge on any atom is -0.339 e. The average molecular weight is 307 g/mol. The molecule has 0 bridgehead atoms. The summed E-state index contributed by atoms with van der Waals surface area (Å²) in [5.74, 6) is 0.122. The lowest BCUT2D eigenvalue weighted by molar-refractivity contribution is -0.141. The molecule has 0 N–H and O–H groups in total. The average Bonchev–Trinajstić information content (AvgIpc) is 3.15. The van der Waals surface area contributed by atoms with Gasteiger partial charge in [-0.3, -0.25) is 14.4 Å². The van der Waals surface area contributed by atoms with Crippen molar-refractivity contribution in [3.05, 3.63) is 0 Å². The fourth-order valence-electron chi connectivity index (χ4n) is 3.97. The van der Waals surface area contributed by atoms with Gasteiger partial charge in [-0.15, -0.1) is 0 Å². The summed E-state index contributed by atoms with van der Waals surface area (Å²) in [5.41, 5.74) is 0. The van der Waals surface area contributed by atoms with E-state index >= 15 is 0 Å². The summed E-state index contributed by atoms with van der Waals surface area (Å²) in [7, 11) is 0. The van der Waals surface area contributed by atoms with E-state index in [1.807, 2.05) is 9.80 Å². The van der Waals surface area contributed by atoms with Gasteiger partial charge < -0.3 is 14.7 Å². The zero-order chi connectivity index (χ0) is 15.7. The van der Waals surface area contributed by atoms with Crippen molar-refractivity contribution in [2.24, 2.45) is 5.92 Å². The molecular formula is C16H25N3O3. The van der Waals surface area contributed by atoms with E-state index in [2.05, 4.69) is 0 Å². The Morgan fingerprint density at radius 2 is 1.59 bits per heavy atom. The molecule has 3 fully saturated rings. The molecule has 0 aromatic heterocycles. The highest BCUT2D eigenvalue weighted by atomic mass is 16.2. The lowest BCUT2D eigenvalue weighted by Gasteiger charge is -2.35. The molecule has 2 heterocycles. The van der Waals surface area contributed by atoms with Crippen LogP contribution in [-0.4, -0.2) is 71.2 Å². The number of nitrogens with zero attached hydrogens (tertiary/aromatic N) is 3. The number of carbonyl (C=O) groups is 3. The first-order valence-electron chi connectivity index (χ1n) is 8.40. The van der Waals surface area contributed by atoms with E-state index in [-0.39, 0.29) is 23.6 Å². The molecule has 1 saturated carbocycles. The number of hydrogen-bond acceptors (Lipinski definition) is 3. The molecule has 122 valence electrons. The van der Waals surface area contributed by atoms with Crippen LogP contribution in [0.1, 0.15) is 39.0 Å². The maximum atomic E-state index is 12.6. The smallest absolute Gasteiger partial charge is 0.228 e. The van der Waals surface area contributed by atoms with Gasteiger partial charge in [-0.05, 0) is 12.8 Å². The van der Waals surface area contributed by atoms with E-state index in [0.29, 0.717) is 45.2 Å². The molecule has 1 atom stereocenters. The quantitative estimate of drug-likeness (QED) is 0.745. The van der Waals surface area contributed by atoms with Crippen molar-refractivity contribution in [3.63, 3.8) is 0 Å². The molecule has 6 nitrogen and oxygen atoms in total. The molecule has 3 rings (SSSR count). The Labute approximate surface area is 131 Å². The van der Waals surface area contributed by atoms with Crippen molar-refractivity contribution in [1.29, 1.82) is 0 Å². The summed E-state index contributed by atoms with van der Waals surface area (Å²) in [6, 6.07) is 0.361. The van der Waals surface area contributed by atoms with Crippen molar-refractivity contribution in [2.45, 2.75) is 45.1 Å². The van der Waals surface area contributed by atoms with E-state index in [9.17, 15) is 14.4 Å². The summed E-state index contributed by atoms with van der Waals surface area (Å²) in [6.45, 7) is 4.54. The molecule has 0 radical (unpaired) electrons. The highest BCUT2D eigenvalue weighted by Crippen LogP contribution is 2.30. The first kappa shape index (κ1) is 15.3. The van der Waals surface area contributed by atoms with E-state index < -0.39 is 0 Å². The predicted octanol–water partition coefficient (Wildman–Crippen LogP) is 0.468. The number of piperazine rings is 1. The second-order valence-electron chi connectivity index (χ2n) is 6.72. The Bertz CT molecular complexity index is 465. The Morgan fingerprint density at radius 3 is 2.18 bits per heavy atom. The lowest BCUT2D eigenvalue weighted by atomic mass is 10.1. The van der Waals surface area contributed by atoms with Gasteiger partial charge in [0, 0.05) is 52.1 Å². The summed E-state index contributed by atoms with van der Waals surface area (Å²) >= 11 is 0. The number of amides is 3. The third-order valence-electron chi connectivity index (χ3n) is 5.31. The topological polar surface area (TPSA) is 60.9 Å². The van der Waals surface area contributed by atoms with Gasteiger partial charge in [-0.1, -0.05) is 12.8 Å². The Kier molecular flexibility index (Phi) is 4.36. The maximum absolute atomic E-state index is 12.6. The largest absolute Gasteiger partial charge is 0.339 e. The Morgan fingerprint density at radius 1 is 1.00 bits per heavy atom. The third-order valence-corrected chi connectivity index (χ3v) is 5.31. The molecule has 6 heteroatoms. The first-order chi connectivity index (χ1) is 10.6. The highest BCUT2D eigenvalue weighted by Gasteiger charge is 2.40. The number of likely N-dealkylation sites (tertiary alicyclic amines) is 1. The SMILES string of the molecule is CC(=O)N1CCN(C(=O)[C@H]2CC(=O)N(C3CCCC3)C2)CC1. The fraction of sp³-hybridized carbons (Fsp3) is 0.812. The van der Waals surface area contributed by atoms with Crippen LogP contribution in [0, 0.1) is 5.92 Å². The van der Waals surface area contributed by atoms with Crippen LogP contribution in [0.5, 0.6) is 0 Å². The maximum Gasteiger partial charge on any atom is 0.228 e. The van der Waals surface area contributed by atoms with Crippen LogP contribution in [0.25, 0.3) is 0 Å². The van der Waals surface area contributed by atoms with Crippen molar-refractivity contribution in [3.8, 4) is 0 Å². The van der Waals surface area contributed by atoms with Crippen molar-refractivity contribution in [1.82, 2.24) is 14.7 Å². The van der Waals surface area contributed by atoms with Gasteiger partial charge in [0.2, 0.25) is 17.7 Å². The van der Waals surface area contributed by atoms with Crippen LogP contribution < -0.4 is 0 Å². The minimum absolute atomic E-state index is 0.0653. The van der Waals surface area contributed by atoms with Crippen LogP contribution in [-0.2, 0) is 14.4 Å². The fourth-order valence-corrected chi connectivity index (χ4v) is 3.97. The van der Waals surface area contributed by atoms with Crippen LogP contribution in [0.15, 0.2) is 0 Å². The van der Waals surface area contributed by atoms with E-state index in [4.69, 9.17) is 0 Å². The standard InChI is InChI=1S/C16H25N3O3/c1-12(20)17-6-8-18(9-7-17)16(22)13-10-15(21)19(11-13)14-4-2-3-5-14/h13-14H,2-11H2,1H3/t13-/m0/s1. The Balaban J connectivity index is 1.55. The first-order valence-corrected chi connectivity index (χ1v) is 8.40. The normalized spacial score (nSPS) is 26.9. The summed E-state index contributed by atoms with van der Waals surface area (Å²) in [4.78, 5) is 41.7. The van der Waals surface area contributed by atoms with Gasteiger partial charge >= 0.3 is 0 Å². The van der Waals surface area contributed by atoms with Crippen LogP contribution in [0.3, 0.4) is 0 Å². The van der Waals surface area contributed by atoms with Gasteiger partial charge in [0.05, 0.1) is 5.92 Å². The second kappa shape index (κ2) is 6.26. The molecule has 0 spiro atoms. The van der Waals surface area contributed by atoms with E-state index in [0.717, 1.165) is 12.8 Å². The number of hydrogen-bond donors (Lipinski definition) is 0. The van der Waals surface area contributed by atoms with Gasteiger partial charge in [0.25, 0.3) is 0 Å². The van der Waals surface area contributed by atoms with Crippen LogP contribution in [0.2, 0.25) is 0 Å². The van der Waals surface area contributed by atoms with Gasteiger partial charge in [-0.2, -0.15) is 0 Å². The number of carbonyl (C=O) groups excluding carboxylic acids is 3. The summed E-state index contributed by atoms with van der Waals surface area (Å²) in [5, 5.41) is 0. The van der Waals surface area contributed by atoms with Crippen molar-refractivity contribution in [2.75, 3.05) is 32.7 Å². The highest BCUT2D eigenvalue weighted by molar-refractivity contribution is 5.89. The zero-order valence-electron chi connectivity index (χ0n) is 13.3. The molecule has 2 aliphatic heterocycles. The lowest BCUT2D eigenvalue weighted by Crippen LogP contribution is -2.51. The molecule has 22 heavy (non-hydrogen) atoms. The molecule has 3 amide bonds. The van der Waals surface area contributed by atoms with Crippen LogP contribution in [0.4, 0.5) is 0 Å². The molecule has 0 unspecified atom stereocenters. The van der Waals surface area contributed by atoms with Crippen LogP contribution >= 0.6 is 0 Å². The van der Waals surface area contributed by atoms with Gasteiger partial charge in [0.15, 0.2) is 0 Å². The molecule has 2 saturated heterocycles. The molecule has 3 aliphatic rings. The zero-order valence-corrected chi connectivity index (χ0v) is 13.3. The van der Waals surface area contributed by atoms with Gasteiger partial charge in [0.1, 0.15) is 0 Å². The third kappa shape index (κ3) is 2.96. The number of rotatable bonds is 2. The van der Waals surface area contributed by atoms with E-state index in [1.54, 1.807) is 11.8 Å². The monoisotopic (exact) mass is 307 g/mol. The van der Waals surface area contributed by atoms with Crippen molar-refractivity contribution >= 4 is 17.7 Å². The summed E-state index contributed by atoms with van der Waals surface area (Å²) in [6.07, 6.45) is 4.93. The molecule has 0 aromatic rings.